The molecule has 0 saturated carbocycles. The molecule has 1 aromatic heterocycles. The zero-order valence-electron chi connectivity index (χ0n) is 16.1. The second-order valence-corrected chi connectivity index (χ2v) is 7.52. The molecule has 0 radical (unpaired) electrons. The monoisotopic (exact) mass is 379 g/mol. The molecule has 0 unspecified atom stereocenters. The highest BCUT2D eigenvalue weighted by Crippen LogP contribution is 2.25. The standard InChI is InChI=1S/C22H25N3OS/c1-5-13-25-20(14-26-21-17(3)7-6-8-18(21)4)23-24-22(25)27-15-19-11-9-16(2)10-12-19/h5-12H,1,13-15H2,2-4H3. The van der Waals surface area contributed by atoms with E-state index in [4.69, 9.17) is 4.74 Å². The first-order valence-electron chi connectivity index (χ1n) is 8.99. The summed E-state index contributed by atoms with van der Waals surface area (Å²) in [5.74, 6) is 2.58. The number of rotatable bonds is 8. The minimum absolute atomic E-state index is 0.387. The predicted octanol–water partition coefficient (Wildman–Crippen LogP) is 5.26. The van der Waals surface area contributed by atoms with Crippen LogP contribution in [0.5, 0.6) is 5.75 Å². The molecule has 3 rings (SSSR count). The van der Waals surface area contributed by atoms with Crippen LogP contribution in [0.2, 0.25) is 0 Å². The van der Waals surface area contributed by atoms with Crippen LogP contribution in [0.4, 0.5) is 0 Å². The lowest BCUT2D eigenvalue weighted by molar-refractivity contribution is 0.285. The molecule has 0 N–H and O–H groups in total. The number of thioether (sulfide) groups is 1. The Kier molecular flexibility index (Phi) is 6.35. The SMILES string of the molecule is C=CCn1c(COc2c(C)cccc2C)nnc1SCc1ccc(C)cc1. The number of ether oxygens (including phenoxy) is 1. The summed E-state index contributed by atoms with van der Waals surface area (Å²) in [6.07, 6.45) is 1.86. The van der Waals surface area contributed by atoms with Gasteiger partial charge in [0.25, 0.3) is 0 Å². The van der Waals surface area contributed by atoms with Gasteiger partial charge in [-0.25, -0.2) is 0 Å². The minimum Gasteiger partial charge on any atom is -0.485 e. The molecule has 3 aromatic rings. The predicted molar refractivity (Wildman–Crippen MR) is 111 cm³/mol. The summed E-state index contributed by atoms with van der Waals surface area (Å²) < 4.78 is 8.13. The lowest BCUT2D eigenvalue weighted by Gasteiger charge is -2.12. The maximum atomic E-state index is 6.06. The third-order valence-electron chi connectivity index (χ3n) is 4.35. The van der Waals surface area contributed by atoms with Gasteiger partial charge < -0.3 is 4.74 Å². The highest BCUT2D eigenvalue weighted by molar-refractivity contribution is 7.98. The van der Waals surface area contributed by atoms with Crippen molar-refractivity contribution in [3.05, 3.63) is 83.2 Å². The number of aryl methyl sites for hydroxylation is 3. The average Bonchev–Trinajstić information content (AvgIpc) is 3.03. The van der Waals surface area contributed by atoms with E-state index in [9.17, 15) is 0 Å². The van der Waals surface area contributed by atoms with E-state index >= 15 is 0 Å². The lowest BCUT2D eigenvalue weighted by Crippen LogP contribution is -2.08. The van der Waals surface area contributed by atoms with E-state index in [0.29, 0.717) is 13.2 Å². The van der Waals surface area contributed by atoms with Crippen molar-refractivity contribution in [1.29, 1.82) is 0 Å². The van der Waals surface area contributed by atoms with Crippen molar-refractivity contribution in [2.75, 3.05) is 0 Å². The van der Waals surface area contributed by atoms with Gasteiger partial charge in [0.15, 0.2) is 11.0 Å². The zero-order chi connectivity index (χ0) is 19.2. The molecule has 0 fully saturated rings. The molecule has 5 heteroatoms. The fourth-order valence-corrected chi connectivity index (χ4v) is 3.76. The highest BCUT2D eigenvalue weighted by Gasteiger charge is 2.13. The Morgan fingerprint density at radius 1 is 1.04 bits per heavy atom. The molecule has 0 aliphatic carbocycles. The van der Waals surface area contributed by atoms with Crippen LogP contribution in [0, 0.1) is 20.8 Å². The van der Waals surface area contributed by atoms with E-state index in [0.717, 1.165) is 33.6 Å². The van der Waals surface area contributed by atoms with Gasteiger partial charge in [-0.3, -0.25) is 4.57 Å². The van der Waals surface area contributed by atoms with Gasteiger partial charge in [0.1, 0.15) is 12.4 Å². The summed E-state index contributed by atoms with van der Waals surface area (Å²) in [5.41, 5.74) is 4.79. The van der Waals surface area contributed by atoms with E-state index in [1.165, 1.54) is 11.1 Å². The van der Waals surface area contributed by atoms with E-state index in [1.54, 1.807) is 11.8 Å². The van der Waals surface area contributed by atoms with Gasteiger partial charge in [0.2, 0.25) is 0 Å². The molecule has 0 aliphatic rings. The molecule has 0 aliphatic heterocycles. The van der Waals surface area contributed by atoms with Gasteiger partial charge in [-0.2, -0.15) is 0 Å². The van der Waals surface area contributed by atoms with E-state index in [1.807, 2.05) is 12.1 Å². The maximum Gasteiger partial charge on any atom is 0.191 e. The number of nitrogens with zero attached hydrogens (tertiary/aromatic N) is 3. The van der Waals surface area contributed by atoms with Crippen LogP contribution < -0.4 is 4.74 Å². The average molecular weight is 380 g/mol. The summed E-state index contributed by atoms with van der Waals surface area (Å²) in [4.78, 5) is 0. The van der Waals surface area contributed by atoms with Crippen molar-refractivity contribution in [3.63, 3.8) is 0 Å². The Hall–Kier alpha value is -2.53. The van der Waals surface area contributed by atoms with Gasteiger partial charge >= 0.3 is 0 Å². The molecule has 2 aromatic carbocycles. The van der Waals surface area contributed by atoms with Crippen LogP contribution in [-0.2, 0) is 18.9 Å². The molecular weight excluding hydrogens is 354 g/mol. The van der Waals surface area contributed by atoms with Gasteiger partial charge in [0, 0.05) is 12.3 Å². The molecule has 0 saturated heterocycles. The zero-order valence-corrected chi connectivity index (χ0v) is 16.9. The van der Waals surface area contributed by atoms with Crippen LogP contribution >= 0.6 is 11.8 Å². The molecule has 0 atom stereocenters. The first-order chi connectivity index (χ1) is 13.1. The number of hydrogen-bond acceptors (Lipinski definition) is 4. The molecule has 4 nitrogen and oxygen atoms in total. The van der Waals surface area contributed by atoms with Crippen LogP contribution in [0.15, 0.2) is 60.3 Å². The quantitative estimate of drug-likeness (QED) is 0.395. The number of benzene rings is 2. The Morgan fingerprint density at radius 2 is 1.74 bits per heavy atom. The van der Waals surface area contributed by atoms with E-state index < -0.39 is 0 Å². The van der Waals surface area contributed by atoms with Crippen molar-refractivity contribution in [2.45, 2.75) is 44.8 Å². The lowest BCUT2D eigenvalue weighted by atomic mass is 10.1. The number of hydrogen-bond donors (Lipinski definition) is 0. The maximum absolute atomic E-state index is 6.06. The number of aromatic nitrogens is 3. The fourth-order valence-electron chi connectivity index (χ4n) is 2.84. The molecular formula is C22H25N3OS. The Morgan fingerprint density at radius 3 is 2.41 bits per heavy atom. The Labute approximate surface area is 165 Å². The van der Waals surface area contributed by atoms with Crippen LogP contribution in [0.3, 0.4) is 0 Å². The number of para-hydroxylation sites is 1. The summed E-state index contributed by atoms with van der Waals surface area (Å²) in [6, 6.07) is 14.7. The largest absolute Gasteiger partial charge is 0.485 e. The van der Waals surface area contributed by atoms with Crippen molar-refractivity contribution in [1.82, 2.24) is 14.8 Å². The molecule has 0 bridgehead atoms. The second-order valence-electron chi connectivity index (χ2n) is 6.58. The smallest absolute Gasteiger partial charge is 0.191 e. The third kappa shape index (κ3) is 4.80. The van der Waals surface area contributed by atoms with Crippen molar-refractivity contribution < 1.29 is 4.74 Å². The van der Waals surface area contributed by atoms with E-state index in [2.05, 4.69) is 78.5 Å². The summed E-state index contributed by atoms with van der Waals surface area (Å²) in [5, 5.41) is 9.61. The van der Waals surface area contributed by atoms with Gasteiger partial charge in [0.05, 0.1) is 0 Å². The topological polar surface area (TPSA) is 39.9 Å². The van der Waals surface area contributed by atoms with Crippen molar-refractivity contribution >= 4 is 11.8 Å². The fraction of sp³-hybridized carbons (Fsp3) is 0.273. The molecule has 140 valence electrons. The Balaban J connectivity index is 1.72. The van der Waals surface area contributed by atoms with Crippen LogP contribution in [0.25, 0.3) is 0 Å². The normalized spacial score (nSPS) is 10.8. The molecule has 27 heavy (non-hydrogen) atoms. The summed E-state index contributed by atoms with van der Waals surface area (Å²) in [6.45, 7) is 11.1. The van der Waals surface area contributed by atoms with Gasteiger partial charge in [-0.1, -0.05) is 65.9 Å². The Bertz CT molecular complexity index is 896. The van der Waals surface area contributed by atoms with Crippen LogP contribution in [-0.4, -0.2) is 14.8 Å². The highest BCUT2D eigenvalue weighted by atomic mass is 32.2. The molecule has 1 heterocycles. The first-order valence-corrected chi connectivity index (χ1v) is 9.97. The van der Waals surface area contributed by atoms with Gasteiger partial charge in [-0.15, -0.1) is 16.8 Å². The van der Waals surface area contributed by atoms with Crippen molar-refractivity contribution in [3.8, 4) is 5.75 Å². The van der Waals surface area contributed by atoms with Gasteiger partial charge in [-0.05, 0) is 37.5 Å². The van der Waals surface area contributed by atoms with E-state index in [-0.39, 0.29) is 0 Å². The first kappa shape index (κ1) is 19.2. The third-order valence-corrected chi connectivity index (χ3v) is 5.39. The molecule has 0 spiro atoms. The second kappa shape index (κ2) is 8.91. The van der Waals surface area contributed by atoms with Crippen molar-refractivity contribution in [2.24, 2.45) is 0 Å². The molecule has 0 amide bonds. The summed E-state index contributed by atoms with van der Waals surface area (Å²) >= 11 is 1.68. The van der Waals surface area contributed by atoms with Crippen LogP contribution in [0.1, 0.15) is 28.1 Å². The summed E-state index contributed by atoms with van der Waals surface area (Å²) in [7, 11) is 0. The number of allylic oxidation sites excluding steroid dienone is 1. The minimum atomic E-state index is 0.387.